The van der Waals surface area contributed by atoms with Crippen molar-refractivity contribution in [2.24, 2.45) is 0 Å². The third kappa shape index (κ3) is 3.55. The van der Waals surface area contributed by atoms with Gasteiger partial charge in [0.1, 0.15) is 4.60 Å². The predicted molar refractivity (Wildman–Crippen MR) is 69.8 cm³/mol. The van der Waals surface area contributed by atoms with E-state index in [0.717, 1.165) is 6.92 Å². The van der Waals surface area contributed by atoms with Crippen LogP contribution in [0.25, 0.3) is 0 Å². The van der Waals surface area contributed by atoms with Crippen LogP contribution in [-0.2, 0) is 10.0 Å². The van der Waals surface area contributed by atoms with E-state index in [0.29, 0.717) is 4.60 Å². The predicted octanol–water partition coefficient (Wildman–Crippen LogP) is 4.47. The van der Waals surface area contributed by atoms with Crippen molar-refractivity contribution < 1.29 is 17.6 Å². The average Bonchev–Trinajstić information content (AvgIpc) is 2.13. The maximum Gasteiger partial charge on any atom is 0.421 e. The van der Waals surface area contributed by atoms with Gasteiger partial charge in [0.05, 0.1) is 5.69 Å². The molecule has 0 spiro atoms. The first kappa shape index (κ1) is 15.7. The molecule has 0 aliphatic heterocycles. The molecule has 1 unspecified atom stereocenters. The Morgan fingerprint density at radius 1 is 1.22 bits per heavy atom. The summed E-state index contributed by atoms with van der Waals surface area (Å²) in [6.07, 6.45) is -4.51. The lowest BCUT2D eigenvalue weighted by molar-refractivity contribution is -0.252. The van der Waals surface area contributed by atoms with Crippen molar-refractivity contribution >= 4 is 24.2 Å². The summed E-state index contributed by atoms with van der Waals surface area (Å²) in [7, 11) is -2.38. The van der Waals surface area contributed by atoms with Crippen LogP contribution in [0.4, 0.5) is 13.2 Å². The van der Waals surface area contributed by atoms with E-state index in [1.807, 2.05) is 0 Å². The molecule has 18 heavy (non-hydrogen) atoms. The molecule has 0 aromatic carbocycles. The smallest absolute Gasteiger partial charge is 0.399 e. The van der Waals surface area contributed by atoms with E-state index in [1.54, 1.807) is 25.7 Å². The molecule has 1 aromatic rings. The van der Waals surface area contributed by atoms with Crippen molar-refractivity contribution in [2.45, 2.75) is 38.3 Å². The second-order valence-electron chi connectivity index (χ2n) is 5.09. The van der Waals surface area contributed by atoms with Crippen LogP contribution in [0.15, 0.2) is 22.8 Å². The molecule has 1 atom stereocenters. The molecular weight excluding hydrogens is 327 g/mol. The van der Waals surface area contributed by atoms with Crippen LogP contribution < -0.4 is 0 Å². The summed E-state index contributed by atoms with van der Waals surface area (Å²) < 4.78 is 45.6. The van der Waals surface area contributed by atoms with E-state index in [4.69, 9.17) is 4.43 Å². The third-order valence-corrected chi connectivity index (χ3v) is 3.72. The summed E-state index contributed by atoms with van der Waals surface area (Å²) >= 11 is 3.08. The van der Waals surface area contributed by atoms with Crippen molar-refractivity contribution in [3.63, 3.8) is 0 Å². The van der Waals surface area contributed by atoms with Crippen LogP contribution in [0.2, 0.25) is 19.6 Å². The molecule has 0 saturated heterocycles. The third-order valence-electron chi connectivity index (χ3n) is 2.26. The Bertz CT molecular complexity index is 433. The van der Waals surface area contributed by atoms with Gasteiger partial charge >= 0.3 is 6.18 Å². The highest BCUT2D eigenvalue weighted by atomic mass is 79.9. The average molecular weight is 342 g/mol. The van der Waals surface area contributed by atoms with E-state index in [2.05, 4.69) is 20.9 Å². The monoisotopic (exact) mass is 341 g/mol. The van der Waals surface area contributed by atoms with E-state index in [1.165, 1.54) is 12.1 Å². The first-order chi connectivity index (χ1) is 7.96. The number of hydrogen-bond acceptors (Lipinski definition) is 2. The van der Waals surface area contributed by atoms with Crippen molar-refractivity contribution in [1.29, 1.82) is 0 Å². The van der Waals surface area contributed by atoms with Gasteiger partial charge < -0.3 is 4.43 Å². The van der Waals surface area contributed by atoms with Crippen molar-refractivity contribution in [1.82, 2.24) is 4.98 Å². The zero-order valence-corrected chi connectivity index (χ0v) is 13.2. The number of nitrogens with zero attached hydrogens (tertiary/aromatic N) is 1. The number of aromatic nitrogens is 1. The highest BCUT2D eigenvalue weighted by Gasteiger charge is 2.56. The van der Waals surface area contributed by atoms with Gasteiger partial charge in [0.15, 0.2) is 13.9 Å². The van der Waals surface area contributed by atoms with Crippen LogP contribution in [0, 0.1) is 0 Å². The van der Waals surface area contributed by atoms with Gasteiger partial charge in [0.2, 0.25) is 0 Å². The Hall–Kier alpha value is -0.403. The van der Waals surface area contributed by atoms with Gasteiger partial charge in [-0.05, 0) is 54.6 Å². The molecule has 1 heterocycles. The van der Waals surface area contributed by atoms with Crippen LogP contribution >= 0.6 is 15.9 Å². The van der Waals surface area contributed by atoms with Gasteiger partial charge in [-0.25, -0.2) is 4.98 Å². The number of halogens is 4. The molecule has 102 valence electrons. The topological polar surface area (TPSA) is 22.1 Å². The SMILES string of the molecule is CC(O[Si](C)(C)C)(c1cccc(Br)n1)C(F)(F)F. The van der Waals surface area contributed by atoms with Gasteiger partial charge in [0, 0.05) is 0 Å². The van der Waals surface area contributed by atoms with Gasteiger partial charge in [-0.2, -0.15) is 13.2 Å². The summed E-state index contributed by atoms with van der Waals surface area (Å²) in [6.45, 7) is 6.18. The molecule has 7 heteroatoms. The Morgan fingerprint density at radius 2 is 1.78 bits per heavy atom. The van der Waals surface area contributed by atoms with Gasteiger partial charge in [-0.15, -0.1) is 0 Å². The first-order valence-electron chi connectivity index (χ1n) is 5.36. The van der Waals surface area contributed by atoms with Crippen molar-refractivity contribution in [3.05, 3.63) is 28.5 Å². The Kier molecular flexibility index (Phi) is 4.29. The summed E-state index contributed by atoms with van der Waals surface area (Å²) in [5.74, 6) is 0. The van der Waals surface area contributed by atoms with Gasteiger partial charge in [-0.3, -0.25) is 0 Å². The molecule has 0 radical (unpaired) electrons. The summed E-state index contributed by atoms with van der Waals surface area (Å²) in [5, 5.41) is 0. The van der Waals surface area contributed by atoms with Crippen molar-refractivity contribution in [3.8, 4) is 0 Å². The highest BCUT2D eigenvalue weighted by molar-refractivity contribution is 9.10. The van der Waals surface area contributed by atoms with E-state index in [9.17, 15) is 13.2 Å². The molecule has 2 nitrogen and oxygen atoms in total. The fourth-order valence-corrected chi connectivity index (χ4v) is 3.33. The number of pyridine rings is 1. The molecule has 1 rings (SSSR count). The second kappa shape index (κ2) is 4.94. The fraction of sp³-hybridized carbons (Fsp3) is 0.545. The summed E-state index contributed by atoms with van der Waals surface area (Å²) in [6, 6.07) is 4.43. The van der Waals surface area contributed by atoms with Crippen LogP contribution in [0.3, 0.4) is 0 Å². The van der Waals surface area contributed by atoms with E-state index < -0.39 is 20.1 Å². The van der Waals surface area contributed by atoms with E-state index in [-0.39, 0.29) is 5.69 Å². The van der Waals surface area contributed by atoms with Crippen LogP contribution in [0.5, 0.6) is 0 Å². The minimum Gasteiger partial charge on any atom is -0.399 e. The van der Waals surface area contributed by atoms with Gasteiger partial charge in [0.25, 0.3) is 0 Å². The van der Waals surface area contributed by atoms with Crippen molar-refractivity contribution in [2.75, 3.05) is 0 Å². The molecule has 0 saturated carbocycles. The van der Waals surface area contributed by atoms with E-state index >= 15 is 0 Å². The minimum absolute atomic E-state index is 0.133. The Morgan fingerprint density at radius 3 is 2.17 bits per heavy atom. The standard InChI is InChI=1S/C11H15BrF3NOSi/c1-10(11(13,14)15,17-18(2,3)4)8-6-5-7-9(12)16-8/h5-7H,1-4H3. The normalized spacial score (nSPS) is 16.4. The zero-order valence-electron chi connectivity index (χ0n) is 10.6. The molecule has 0 N–H and O–H groups in total. The number of alkyl halides is 3. The first-order valence-corrected chi connectivity index (χ1v) is 9.56. The number of hydrogen-bond donors (Lipinski definition) is 0. The fourth-order valence-electron chi connectivity index (χ4n) is 1.54. The van der Waals surface area contributed by atoms with Gasteiger partial charge in [-0.1, -0.05) is 6.07 Å². The molecular formula is C11H15BrF3NOSi. The van der Waals surface area contributed by atoms with Crippen LogP contribution in [0.1, 0.15) is 12.6 Å². The number of rotatable bonds is 3. The molecule has 1 aromatic heterocycles. The van der Waals surface area contributed by atoms with Crippen LogP contribution in [-0.4, -0.2) is 19.5 Å². The maximum atomic E-state index is 13.3. The Labute approximate surface area is 114 Å². The lowest BCUT2D eigenvalue weighted by Crippen LogP contribution is -2.49. The summed E-state index contributed by atoms with van der Waals surface area (Å²) in [5.41, 5.74) is -2.51. The summed E-state index contributed by atoms with van der Waals surface area (Å²) in [4.78, 5) is 3.89. The minimum atomic E-state index is -4.51. The zero-order chi connectivity index (χ0) is 14.2. The maximum absolute atomic E-state index is 13.3. The molecule has 0 fully saturated rings. The lowest BCUT2D eigenvalue weighted by Gasteiger charge is -2.37. The highest BCUT2D eigenvalue weighted by Crippen LogP contribution is 2.43. The Balaban J connectivity index is 3.30. The molecule has 0 aliphatic rings. The molecule has 0 aliphatic carbocycles. The molecule has 0 amide bonds. The largest absolute Gasteiger partial charge is 0.421 e. The lowest BCUT2D eigenvalue weighted by atomic mass is 10.0. The second-order valence-corrected chi connectivity index (χ2v) is 10.3. The quantitative estimate of drug-likeness (QED) is 0.597. The molecule has 0 bridgehead atoms.